The molecule has 0 aromatic heterocycles. The molecule has 188 valence electrons. The van der Waals surface area contributed by atoms with E-state index in [9.17, 15) is 18.0 Å². The van der Waals surface area contributed by atoms with Crippen molar-refractivity contribution in [2.45, 2.75) is 51.6 Å². The van der Waals surface area contributed by atoms with Gasteiger partial charge in [0.05, 0.1) is 12.2 Å². The molecule has 6 heteroatoms. The van der Waals surface area contributed by atoms with E-state index in [-0.39, 0.29) is 17.2 Å². The van der Waals surface area contributed by atoms with Crippen LogP contribution in [0.1, 0.15) is 66.9 Å². The molecule has 0 unspecified atom stereocenters. The largest absolute Gasteiger partial charge is 0.491 e. The highest BCUT2D eigenvalue weighted by Gasteiger charge is 2.28. The maximum absolute atomic E-state index is 14.8. The SMILES string of the molecule is C/C=C/c1ccc(-c2ccc(C(=O)OC3CCC(c4ccc(OCC)c(F)c4)CC3)c(F)c2F)cc1. The van der Waals surface area contributed by atoms with Crippen molar-refractivity contribution < 1.29 is 27.4 Å². The van der Waals surface area contributed by atoms with Crippen LogP contribution in [0.2, 0.25) is 0 Å². The van der Waals surface area contributed by atoms with Gasteiger partial charge in [0.25, 0.3) is 0 Å². The maximum Gasteiger partial charge on any atom is 0.341 e. The van der Waals surface area contributed by atoms with Crippen LogP contribution in [0.15, 0.2) is 60.7 Å². The minimum Gasteiger partial charge on any atom is -0.491 e. The Morgan fingerprint density at radius 2 is 1.67 bits per heavy atom. The molecule has 1 fully saturated rings. The number of esters is 1. The van der Waals surface area contributed by atoms with Gasteiger partial charge in [0.1, 0.15) is 6.10 Å². The first kappa shape index (κ1) is 25.5. The van der Waals surface area contributed by atoms with Gasteiger partial charge in [-0.15, -0.1) is 0 Å². The maximum atomic E-state index is 14.8. The van der Waals surface area contributed by atoms with E-state index in [0.717, 1.165) is 11.1 Å². The van der Waals surface area contributed by atoms with Gasteiger partial charge in [0, 0.05) is 5.56 Å². The summed E-state index contributed by atoms with van der Waals surface area (Å²) in [5, 5.41) is 0. The topological polar surface area (TPSA) is 35.5 Å². The van der Waals surface area contributed by atoms with E-state index >= 15 is 0 Å². The zero-order valence-electron chi connectivity index (χ0n) is 20.4. The Morgan fingerprint density at radius 1 is 0.944 bits per heavy atom. The average Bonchev–Trinajstić information content (AvgIpc) is 2.88. The summed E-state index contributed by atoms with van der Waals surface area (Å²) in [5.74, 6) is -3.19. The summed E-state index contributed by atoms with van der Waals surface area (Å²) in [6, 6.07) is 14.7. The molecule has 0 amide bonds. The smallest absolute Gasteiger partial charge is 0.341 e. The summed E-state index contributed by atoms with van der Waals surface area (Å²) < 4.78 is 54.7. The van der Waals surface area contributed by atoms with Crippen molar-refractivity contribution in [1.29, 1.82) is 0 Å². The van der Waals surface area contributed by atoms with Crippen molar-refractivity contribution in [3.05, 3.63) is 94.8 Å². The summed E-state index contributed by atoms with van der Waals surface area (Å²) in [6.45, 7) is 4.09. The fourth-order valence-electron chi connectivity index (χ4n) is 4.67. The van der Waals surface area contributed by atoms with Crippen molar-refractivity contribution in [3.8, 4) is 16.9 Å². The van der Waals surface area contributed by atoms with Crippen molar-refractivity contribution in [1.82, 2.24) is 0 Å². The number of ether oxygens (including phenoxy) is 2. The van der Waals surface area contributed by atoms with Crippen LogP contribution in [0.5, 0.6) is 5.75 Å². The summed E-state index contributed by atoms with van der Waals surface area (Å²) in [5.41, 5.74) is 2.01. The van der Waals surface area contributed by atoms with Crippen LogP contribution in [0.25, 0.3) is 17.2 Å². The van der Waals surface area contributed by atoms with Crippen molar-refractivity contribution in [3.63, 3.8) is 0 Å². The van der Waals surface area contributed by atoms with Gasteiger partial charge in [-0.3, -0.25) is 0 Å². The third-order valence-electron chi connectivity index (χ3n) is 6.56. The number of allylic oxidation sites excluding steroid dienone is 1. The van der Waals surface area contributed by atoms with E-state index in [1.54, 1.807) is 25.1 Å². The molecule has 0 N–H and O–H groups in total. The van der Waals surface area contributed by atoms with E-state index in [1.807, 2.05) is 37.3 Å². The average molecular weight is 495 g/mol. The summed E-state index contributed by atoms with van der Waals surface area (Å²) in [7, 11) is 0. The predicted octanol–water partition coefficient (Wildman–Crippen LogP) is 8.09. The number of carbonyl (C=O) groups is 1. The second-order valence-corrected chi connectivity index (χ2v) is 8.91. The fourth-order valence-corrected chi connectivity index (χ4v) is 4.67. The van der Waals surface area contributed by atoms with Crippen molar-refractivity contribution >= 4 is 12.0 Å². The lowest BCUT2D eigenvalue weighted by atomic mass is 9.82. The molecule has 0 atom stereocenters. The Labute approximate surface area is 209 Å². The molecule has 3 aromatic carbocycles. The molecule has 3 nitrogen and oxygen atoms in total. The normalized spacial score (nSPS) is 17.8. The van der Waals surface area contributed by atoms with Crippen LogP contribution in [0, 0.1) is 17.5 Å². The molecule has 0 heterocycles. The van der Waals surface area contributed by atoms with Crippen LogP contribution in [-0.4, -0.2) is 18.7 Å². The van der Waals surface area contributed by atoms with Gasteiger partial charge in [-0.05, 0) is 80.3 Å². The zero-order valence-corrected chi connectivity index (χ0v) is 20.4. The summed E-state index contributed by atoms with van der Waals surface area (Å²) in [6.07, 6.45) is 5.92. The first-order valence-electron chi connectivity index (χ1n) is 12.3. The Kier molecular flexibility index (Phi) is 8.14. The number of rotatable bonds is 7. The van der Waals surface area contributed by atoms with Crippen LogP contribution < -0.4 is 4.74 Å². The van der Waals surface area contributed by atoms with Gasteiger partial charge in [-0.1, -0.05) is 48.6 Å². The summed E-state index contributed by atoms with van der Waals surface area (Å²) in [4.78, 5) is 12.6. The van der Waals surface area contributed by atoms with Crippen LogP contribution >= 0.6 is 0 Å². The summed E-state index contributed by atoms with van der Waals surface area (Å²) >= 11 is 0. The second kappa shape index (κ2) is 11.5. The van der Waals surface area contributed by atoms with E-state index < -0.39 is 35.1 Å². The first-order chi connectivity index (χ1) is 17.4. The third-order valence-corrected chi connectivity index (χ3v) is 6.56. The lowest BCUT2D eigenvalue weighted by Gasteiger charge is -2.28. The number of hydrogen-bond acceptors (Lipinski definition) is 3. The highest BCUT2D eigenvalue weighted by Crippen LogP contribution is 2.36. The highest BCUT2D eigenvalue weighted by atomic mass is 19.2. The van der Waals surface area contributed by atoms with Crippen LogP contribution in [0.4, 0.5) is 13.2 Å². The second-order valence-electron chi connectivity index (χ2n) is 8.91. The quantitative estimate of drug-likeness (QED) is 0.312. The van der Waals surface area contributed by atoms with E-state index in [1.165, 1.54) is 18.2 Å². The van der Waals surface area contributed by atoms with E-state index in [4.69, 9.17) is 9.47 Å². The van der Waals surface area contributed by atoms with Gasteiger partial charge in [0.15, 0.2) is 23.2 Å². The molecule has 1 saturated carbocycles. The minimum atomic E-state index is -1.21. The van der Waals surface area contributed by atoms with Crippen molar-refractivity contribution in [2.24, 2.45) is 0 Å². The molecule has 4 rings (SSSR count). The number of benzene rings is 3. The Hall–Kier alpha value is -3.54. The fraction of sp³-hybridized carbons (Fsp3) is 0.300. The third kappa shape index (κ3) is 5.64. The lowest BCUT2D eigenvalue weighted by Crippen LogP contribution is -2.24. The van der Waals surface area contributed by atoms with Crippen LogP contribution in [0.3, 0.4) is 0 Å². The molecule has 0 aliphatic heterocycles. The Morgan fingerprint density at radius 3 is 2.31 bits per heavy atom. The molecular formula is C30H29F3O3. The molecule has 1 aliphatic rings. The molecule has 0 bridgehead atoms. The van der Waals surface area contributed by atoms with Crippen LogP contribution in [-0.2, 0) is 4.74 Å². The highest BCUT2D eigenvalue weighted by molar-refractivity contribution is 5.90. The number of carbonyl (C=O) groups excluding carboxylic acids is 1. The predicted molar refractivity (Wildman–Crippen MR) is 134 cm³/mol. The Bertz CT molecular complexity index is 1240. The minimum absolute atomic E-state index is 0.0826. The van der Waals surface area contributed by atoms with Crippen molar-refractivity contribution in [2.75, 3.05) is 6.61 Å². The Balaban J connectivity index is 1.39. The molecule has 3 aromatic rings. The molecular weight excluding hydrogens is 465 g/mol. The van der Waals surface area contributed by atoms with Gasteiger partial charge >= 0.3 is 5.97 Å². The first-order valence-corrected chi connectivity index (χ1v) is 12.3. The van der Waals surface area contributed by atoms with E-state index in [2.05, 4.69) is 0 Å². The van der Waals surface area contributed by atoms with Gasteiger partial charge in [0.2, 0.25) is 0 Å². The van der Waals surface area contributed by atoms with Gasteiger partial charge < -0.3 is 9.47 Å². The van der Waals surface area contributed by atoms with Gasteiger partial charge in [-0.2, -0.15) is 0 Å². The molecule has 1 aliphatic carbocycles. The number of hydrogen-bond donors (Lipinski definition) is 0. The number of halogens is 3. The standard InChI is InChI=1S/C30H29F3O3/c1-3-5-19-6-8-21(9-7-19)24-15-16-25(29(33)28(24)32)30(34)36-23-13-10-20(11-14-23)22-12-17-27(35-4-2)26(31)18-22/h3,5-9,12,15-18,20,23H,4,10-11,13-14H2,1-2H3/b5-3+. The zero-order chi connectivity index (χ0) is 25.7. The van der Waals surface area contributed by atoms with Gasteiger partial charge in [-0.25, -0.2) is 18.0 Å². The molecule has 36 heavy (non-hydrogen) atoms. The van der Waals surface area contributed by atoms with E-state index in [0.29, 0.717) is 37.9 Å². The lowest BCUT2D eigenvalue weighted by molar-refractivity contribution is 0.0189. The molecule has 0 spiro atoms. The molecule has 0 radical (unpaired) electrons. The molecule has 0 saturated heterocycles. The monoisotopic (exact) mass is 494 g/mol.